The van der Waals surface area contributed by atoms with Crippen LogP contribution >= 0.6 is 0 Å². The van der Waals surface area contributed by atoms with Crippen LogP contribution in [0.15, 0.2) is 0 Å². The summed E-state index contributed by atoms with van der Waals surface area (Å²) in [7, 11) is 0. The Morgan fingerprint density at radius 3 is 2.78 bits per heavy atom. The maximum atomic E-state index is 12.6. The van der Waals surface area contributed by atoms with E-state index in [2.05, 4.69) is 0 Å². The SMILES string of the molecule is N[C@@]1(CO)COC[C@@H]1F. The van der Waals surface area contributed by atoms with Gasteiger partial charge < -0.3 is 15.6 Å². The van der Waals surface area contributed by atoms with Crippen molar-refractivity contribution in [1.29, 1.82) is 0 Å². The van der Waals surface area contributed by atoms with E-state index >= 15 is 0 Å². The number of nitrogens with two attached hydrogens (primary N) is 1. The zero-order valence-corrected chi connectivity index (χ0v) is 5.01. The van der Waals surface area contributed by atoms with Gasteiger partial charge in [-0.2, -0.15) is 0 Å². The van der Waals surface area contributed by atoms with Crippen molar-refractivity contribution in [3.63, 3.8) is 0 Å². The fraction of sp³-hybridized carbons (Fsp3) is 1.00. The average Bonchev–Trinajstić information content (AvgIpc) is 2.15. The molecule has 9 heavy (non-hydrogen) atoms. The summed E-state index contributed by atoms with van der Waals surface area (Å²) in [6.45, 7) is -0.226. The van der Waals surface area contributed by atoms with Crippen LogP contribution < -0.4 is 5.73 Å². The highest BCUT2D eigenvalue weighted by Crippen LogP contribution is 2.18. The zero-order chi connectivity index (χ0) is 6.91. The molecule has 3 nitrogen and oxygen atoms in total. The molecule has 0 unspecified atom stereocenters. The summed E-state index contributed by atoms with van der Waals surface area (Å²) in [6.07, 6.45) is -1.22. The average molecular weight is 135 g/mol. The van der Waals surface area contributed by atoms with Crippen molar-refractivity contribution in [2.45, 2.75) is 11.7 Å². The van der Waals surface area contributed by atoms with E-state index in [9.17, 15) is 4.39 Å². The molecule has 1 rings (SSSR count). The molecule has 1 aliphatic heterocycles. The molecule has 0 bridgehead atoms. The van der Waals surface area contributed by atoms with Gasteiger partial charge in [0.05, 0.1) is 25.4 Å². The molecule has 0 spiro atoms. The fourth-order valence-corrected chi connectivity index (χ4v) is 0.753. The van der Waals surface area contributed by atoms with Crippen molar-refractivity contribution < 1.29 is 14.2 Å². The van der Waals surface area contributed by atoms with E-state index in [-0.39, 0.29) is 19.8 Å². The molecule has 0 amide bonds. The quantitative estimate of drug-likeness (QED) is 0.487. The first-order valence-corrected chi connectivity index (χ1v) is 2.80. The lowest BCUT2D eigenvalue weighted by Gasteiger charge is -2.20. The summed E-state index contributed by atoms with van der Waals surface area (Å²) in [5.74, 6) is 0. The Kier molecular flexibility index (Phi) is 1.70. The summed E-state index contributed by atoms with van der Waals surface area (Å²) in [5.41, 5.74) is 4.21. The van der Waals surface area contributed by atoms with Gasteiger partial charge in [0.1, 0.15) is 6.17 Å². The summed E-state index contributed by atoms with van der Waals surface area (Å²) >= 11 is 0. The van der Waals surface area contributed by atoms with Gasteiger partial charge in [-0.3, -0.25) is 0 Å². The Bertz CT molecular complexity index is 111. The third kappa shape index (κ3) is 1.05. The van der Waals surface area contributed by atoms with Gasteiger partial charge in [-0.05, 0) is 0 Å². The number of halogens is 1. The van der Waals surface area contributed by atoms with Crippen molar-refractivity contribution in [2.75, 3.05) is 19.8 Å². The van der Waals surface area contributed by atoms with Crippen LogP contribution in [0.2, 0.25) is 0 Å². The topological polar surface area (TPSA) is 55.5 Å². The van der Waals surface area contributed by atoms with Gasteiger partial charge >= 0.3 is 0 Å². The molecule has 3 N–H and O–H groups in total. The normalized spacial score (nSPS) is 43.7. The third-order valence-electron chi connectivity index (χ3n) is 1.55. The monoisotopic (exact) mass is 135 g/mol. The van der Waals surface area contributed by atoms with Gasteiger partial charge in [-0.25, -0.2) is 4.39 Å². The number of rotatable bonds is 1. The van der Waals surface area contributed by atoms with Crippen molar-refractivity contribution in [2.24, 2.45) is 5.73 Å². The highest BCUT2D eigenvalue weighted by atomic mass is 19.1. The van der Waals surface area contributed by atoms with Crippen molar-refractivity contribution in [3.05, 3.63) is 0 Å². The van der Waals surface area contributed by atoms with Crippen molar-refractivity contribution in [1.82, 2.24) is 0 Å². The third-order valence-corrected chi connectivity index (χ3v) is 1.55. The second-order valence-electron chi connectivity index (χ2n) is 2.37. The molecule has 1 fully saturated rings. The molecule has 1 saturated heterocycles. The first-order valence-electron chi connectivity index (χ1n) is 2.80. The van der Waals surface area contributed by atoms with Crippen LogP contribution in [0.5, 0.6) is 0 Å². The van der Waals surface area contributed by atoms with Crippen molar-refractivity contribution >= 4 is 0 Å². The summed E-state index contributed by atoms with van der Waals surface area (Å²) in [4.78, 5) is 0. The van der Waals surface area contributed by atoms with E-state index < -0.39 is 11.7 Å². The maximum Gasteiger partial charge on any atom is 0.146 e. The largest absolute Gasteiger partial charge is 0.394 e. The number of hydrogen-bond donors (Lipinski definition) is 2. The van der Waals surface area contributed by atoms with Crippen LogP contribution in [0, 0.1) is 0 Å². The van der Waals surface area contributed by atoms with Gasteiger partial charge in [0.25, 0.3) is 0 Å². The number of ether oxygens (including phenoxy) is 1. The Morgan fingerprint density at radius 1 is 1.89 bits per heavy atom. The molecule has 0 saturated carbocycles. The lowest BCUT2D eigenvalue weighted by Crippen LogP contribution is -2.51. The summed E-state index contributed by atoms with van der Waals surface area (Å²) < 4.78 is 17.3. The van der Waals surface area contributed by atoms with E-state index in [0.717, 1.165) is 0 Å². The smallest absolute Gasteiger partial charge is 0.146 e. The molecule has 54 valence electrons. The Labute approximate surface area is 52.6 Å². The number of alkyl halides is 1. The number of aliphatic hydroxyl groups excluding tert-OH is 1. The van der Waals surface area contributed by atoms with Gasteiger partial charge in [0.2, 0.25) is 0 Å². The zero-order valence-electron chi connectivity index (χ0n) is 5.01. The molecular weight excluding hydrogens is 125 g/mol. The van der Waals surface area contributed by atoms with E-state index in [4.69, 9.17) is 15.6 Å². The van der Waals surface area contributed by atoms with Gasteiger partial charge in [0, 0.05) is 0 Å². The molecule has 0 aliphatic carbocycles. The molecule has 2 atom stereocenters. The Morgan fingerprint density at radius 2 is 2.56 bits per heavy atom. The van der Waals surface area contributed by atoms with E-state index in [0.29, 0.717) is 0 Å². The standard InChI is InChI=1S/C5H10FNO2/c6-4-1-9-3-5(4,7)2-8/h4,8H,1-3,7H2/t4-,5-/m0/s1. The van der Waals surface area contributed by atoms with Gasteiger partial charge in [0.15, 0.2) is 0 Å². The molecule has 0 aromatic heterocycles. The summed E-state index contributed by atoms with van der Waals surface area (Å²) in [6, 6.07) is 0. The number of hydrogen-bond acceptors (Lipinski definition) is 3. The van der Waals surface area contributed by atoms with Crippen LogP contribution in [0.3, 0.4) is 0 Å². The van der Waals surface area contributed by atoms with Crippen LogP contribution in [-0.4, -0.2) is 36.6 Å². The molecule has 0 radical (unpaired) electrons. The fourth-order valence-electron chi connectivity index (χ4n) is 0.753. The van der Waals surface area contributed by atoms with Crippen LogP contribution in [-0.2, 0) is 4.74 Å². The maximum absolute atomic E-state index is 12.6. The molecule has 0 aromatic rings. The van der Waals surface area contributed by atoms with Gasteiger partial charge in [-0.15, -0.1) is 0 Å². The van der Waals surface area contributed by atoms with E-state index in [1.54, 1.807) is 0 Å². The molecular formula is C5H10FNO2. The lowest BCUT2D eigenvalue weighted by molar-refractivity contribution is 0.133. The highest BCUT2D eigenvalue weighted by Gasteiger charge is 2.40. The predicted molar refractivity (Wildman–Crippen MR) is 29.7 cm³/mol. The minimum atomic E-state index is -1.22. The van der Waals surface area contributed by atoms with E-state index in [1.807, 2.05) is 0 Å². The molecule has 4 heteroatoms. The first kappa shape index (κ1) is 6.92. The van der Waals surface area contributed by atoms with E-state index in [1.165, 1.54) is 0 Å². The number of aliphatic hydroxyl groups is 1. The minimum Gasteiger partial charge on any atom is -0.394 e. The Hall–Kier alpha value is -0.190. The van der Waals surface area contributed by atoms with Crippen molar-refractivity contribution in [3.8, 4) is 0 Å². The van der Waals surface area contributed by atoms with Crippen LogP contribution in [0.1, 0.15) is 0 Å². The molecule has 0 aromatic carbocycles. The highest BCUT2D eigenvalue weighted by molar-refractivity contribution is 4.95. The predicted octanol–water partition coefficient (Wildman–Crippen LogP) is -0.956. The van der Waals surface area contributed by atoms with Gasteiger partial charge in [-0.1, -0.05) is 0 Å². The summed E-state index contributed by atoms with van der Waals surface area (Å²) in [5, 5.41) is 8.55. The second kappa shape index (κ2) is 2.21. The minimum absolute atomic E-state index is 0.0110. The molecule has 1 aliphatic rings. The van der Waals surface area contributed by atoms with Crippen LogP contribution in [0.25, 0.3) is 0 Å². The first-order chi connectivity index (χ1) is 4.19. The Balaban J connectivity index is 2.56. The molecule has 1 heterocycles. The lowest BCUT2D eigenvalue weighted by atomic mass is 10.0. The second-order valence-corrected chi connectivity index (χ2v) is 2.37. The van der Waals surface area contributed by atoms with Crippen LogP contribution in [0.4, 0.5) is 4.39 Å².